The van der Waals surface area contributed by atoms with E-state index in [-0.39, 0.29) is 11.5 Å². The summed E-state index contributed by atoms with van der Waals surface area (Å²) in [5.41, 5.74) is 18.2. The second kappa shape index (κ2) is 5.45. The maximum Gasteiger partial charge on any atom is 0.0346 e. The molecule has 2 rings (SSSR count). The Morgan fingerprint density at radius 1 is 1.15 bits per heavy atom. The second-order valence-electron chi connectivity index (χ2n) is 5.98. The van der Waals surface area contributed by atoms with Crippen molar-refractivity contribution in [3.63, 3.8) is 0 Å². The van der Waals surface area contributed by atoms with Crippen molar-refractivity contribution < 1.29 is 0 Å². The van der Waals surface area contributed by atoms with Crippen LogP contribution in [-0.4, -0.2) is 6.04 Å². The molecular weight excluding hydrogens is 244 g/mol. The van der Waals surface area contributed by atoms with Gasteiger partial charge in [-0.15, -0.1) is 0 Å². The summed E-state index contributed by atoms with van der Waals surface area (Å²) in [7, 11) is 0. The van der Waals surface area contributed by atoms with E-state index in [0.717, 1.165) is 24.1 Å². The SMILES string of the molecule is CCC1(CC)C=C(c2ccc(N)c(C)c2)C=C(C)C1N. The van der Waals surface area contributed by atoms with E-state index >= 15 is 0 Å². The molecule has 0 spiro atoms. The van der Waals surface area contributed by atoms with Gasteiger partial charge in [-0.3, -0.25) is 0 Å². The van der Waals surface area contributed by atoms with Crippen molar-refractivity contribution in [1.82, 2.24) is 0 Å². The largest absolute Gasteiger partial charge is 0.399 e. The van der Waals surface area contributed by atoms with Gasteiger partial charge in [-0.2, -0.15) is 0 Å². The molecule has 0 saturated heterocycles. The van der Waals surface area contributed by atoms with E-state index in [1.165, 1.54) is 16.7 Å². The summed E-state index contributed by atoms with van der Waals surface area (Å²) in [6, 6.07) is 6.38. The van der Waals surface area contributed by atoms with Gasteiger partial charge in [-0.25, -0.2) is 0 Å². The van der Waals surface area contributed by atoms with Crippen LogP contribution in [0.1, 0.15) is 44.7 Å². The van der Waals surface area contributed by atoms with E-state index < -0.39 is 0 Å². The number of allylic oxidation sites excluding steroid dienone is 2. The molecule has 1 aromatic carbocycles. The lowest BCUT2D eigenvalue weighted by Gasteiger charge is -2.39. The third-order valence-electron chi connectivity index (χ3n) is 4.86. The van der Waals surface area contributed by atoms with Crippen LogP contribution in [0.25, 0.3) is 5.57 Å². The molecule has 2 nitrogen and oxygen atoms in total. The molecule has 4 N–H and O–H groups in total. The molecule has 1 unspecified atom stereocenters. The average Bonchev–Trinajstić information content (AvgIpc) is 2.45. The Morgan fingerprint density at radius 3 is 2.35 bits per heavy atom. The highest BCUT2D eigenvalue weighted by Gasteiger charge is 2.35. The van der Waals surface area contributed by atoms with Crippen LogP contribution in [0.3, 0.4) is 0 Å². The first-order valence-corrected chi connectivity index (χ1v) is 7.46. The molecule has 0 saturated carbocycles. The molecule has 0 fully saturated rings. The van der Waals surface area contributed by atoms with Gasteiger partial charge in [0.25, 0.3) is 0 Å². The molecule has 0 radical (unpaired) electrons. The topological polar surface area (TPSA) is 52.0 Å². The summed E-state index contributed by atoms with van der Waals surface area (Å²) >= 11 is 0. The zero-order valence-corrected chi connectivity index (χ0v) is 13.0. The van der Waals surface area contributed by atoms with Gasteiger partial charge < -0.3 is 11.5 Å². The molecule has 1 aliphatic carbocycles. The predicted molar refractivity (Wildman–Crippen MR) is 88.3 cm³/mol. The van der Waals surface area contributed by atoms with E-state index in [4.69, 9.17) is 11.5 Å². The average molecular weight is 270 g/mol. The summed E-state index contributed by atoms with van der Waals surface area (Å²) < 4.78 is 0. The fourth-order valence-corrected chi connectivity index (χ4v) is 3.15. The Hall–Kier alpha value is -1.54. The summed E-state index contributed by atoms with van der Waals surface area (Å²) in [6.45, 7) is 8.65. The van der Waals surface area contributed by atoms with Crippen molar-refractivity contribution in [2.24, 2.45) is 11.1 Å². The van der Waals surface area contributed by atoms with E-state index in [2.05, 4.69) is 52.0 Å². The standard InChI is InChI=1S/C18H26N2/c1-5-18(6-2)11-15(10-13(4)17(18)20)14-7-8-16(19)12(3)9-14/h7-11,17H,5-6,19-20H2,1-4H3. The van der Waals surface area contributed by atoms with Crippen LogP contribution in [-0.2, 0) is 0 Å². The van der Waals surface area contributed by atoms with Crippen molar-refractivity contribution in [1.29, 1.82) is 0 Å². The van der Waals surface area contributed by atoms with Gasteiger partial charge in [0.05, 0.1) is 0 Å². The van der Waals surface area contributed by atoms with Gasteiger partial charge in [0.1, 0.15) is 0 Å². The zero-order chi connectivity index (χ0) is 14.9. The van der Waals surface area contributed by atoms with Crippen molar-refractivity contribution in [2.75, 3.05) is 5.73 Å². The number of rotatable bonds is 3. The highest BCUT2D eigenvalue weighted by atomic mass is 14.7. The van der Waals surface area contributed by atoms with E-state index in [1.54, 1.807) is 0 Å². The first kappa shape index (κ1) is 14.9. The number of anilines is 1. The molecule has 0 aromatic heterocycles. The Bertz CT molecular complexity index is 563. The quantitative estimate of drug-likeness (QED) is 0.814. The maximum absolute atomic E-state index is 6.44. The first-order valence-electron chi connectivity index (χ1n) is 7.46. The second-order valence-corrected chi connectivity index (χ2v) is 5.98. The molecule has 0 bridgehead atoms. The molecule has 2 heteroatoms. The Labute approximate surface area is 122 Å². The number of hydrogen-bond acceptors (Lipinski definition) is 2. The summed E-state index contributed by atoms with van der Waals surface area (Å²) in [5, 5.41) is 0. The lowest BCUT2D eigenvalue weighted by atomic mass is 9.68. The van der Waals surface area contributed by atoms with Gasteiger partial charge in [-0.05, 0) is 55.5 Å². The normalized spacial score (nSPS) is 21.4. The van der Waals surface area contributed by atoms with Gasteiger partial charge in [0.2, 0.25) is 0 Å². The van der Waals surface area contributed by atoms with Gasteiger partial charge in [0.15, 0.2) is 0 Å². The van der Waals surface area contributed by atoms with Crippen LogP contribution in [0, 0.1) is 12.3 Å². The van der Waals surface area contributed by atoms with E-state index in [0.29, 0.717) is 0 Å². The fraction of sp³-hybridized carbons (Fsp3) is 0.444. The Balaban J connectivity index is 2.52. The smallest absolute Gasteiger partial charge is 0.0346 e. The molecule has 1 atom stereocenters. The minimum absolute atomic E-state index is 0.0729. The fourth-order valence-electron chi connectivity index (χ4n) is 3.15. The lowest BCUT2D eigenvalue weighted by Crippen LogP contribution is -2.42. The van der Waals surface area contributed by atoms with Crippen LogP contribution in [0.4, 0.5) is 5.69 Å². The number of hydrogen-bond donors (Lipinski definition) is 2. The molecule has 1 aromatic rings. The van der Waals surface area contributed by atoms with E-state index in [9.17, 15) is 0 Å². The Kier molecular flexibility index (Phi) is 4.05. The molecule has 20 heavy (non-hydrogen) atoms. The van der Waals surface area contributed by atoms with Crippen LogP contribution in [0.5, 0.6) is 0 Å². The maximum atomic E-state index is 6.44. The molecule has 1 aliphatic rings. The molecule has 108 valence electrons. The third-order valence-corrected chi connectivity index (χ3v) is 4.86. The van der Waals surface area contributed by atoms with Crippen molar-refractivity contribution in [3.8, 4) is 0 Å². The summed E-state index contributed by atoms with van der Waals surface area (Å²) in [6.07, 6.45) is 6.72. The number of benzene rings is 1. The highest BCUT2D eigenvalue weighted by Crippen LogP contribution is 2.41. The Morgan fingerprint density at radius 2 is 1.80 bits per heavy atom. The molecule has 0 aliphatic heterocycles. The minimum Gasteiger partial charge on any atom is -0.399 e. The summed E-state index contributed by atoms with van der Waals surface area (Å²) in [4.78, 5) is 0. The number of nitrogen functional groups attached to an aromatic ring is 1. The lowest BCUT2D eigenvalue weighted by molar-refractivity contribution is 0.303. The number of aryl methyl sites for hydroxylation is 1. The van der Waals surface area contributed by atoms with Gasteiger partial charge >= 0.3 is 0 Å². The predicted octanol–water partition coefficient (Wildman–Crippen LogP) is 4.05. The molecular formula is C18H26N2. The summed E-state index contributed by atoms with van der Waals surface area (Å²) in [5.74, 6) is 0. The van der Waals surface area contributed by atoms with Crippen LogP contribution in [0.2, 0.25) is 0 Å². The molecule has 0 heterocycles. The van der Waals surface area contributed by atoms with Gasteiger partial charge in [-0.1, -0.05) is 37.6 Å². The van der Waals surface area contributed by atoms with E-state index in [1.807, 2.05) is 6.07 Å². The third kappa shape index (κ3) is 2.40. The zero-order valence-electron chi connectivity index (χ0n) is 13.0. The minimum atomic E-state index is 0.0729. The van der Waals surface area contributed by atoms with Crippen molar-refractivity contribution in [2.45, 2.75) is 46.6 Å². The number of nitrogens with two attached hydrogens (primary N) is 2. The van der Waals surface area contributed by atoms with Gasteiger partial charge in [0, 0.05) is 17.1 Å². The molecule has 0 amide bonds. The van der Waals surface area contributed by atoms with Crippen molar-refractivity contribution >= 4 is 11.3 Å². The first-order chi connectivity index (χ1) is 9.43. The highest BCUT2D eigenvalue weighted by molar-refractivity contribution is 5.78. The van der Waals surface area contributed by atoms with Crippen LogP contribution < -0.4 is 11.5 Å². The van der Waals surface area contributed by atoms with Crippen molar-refractivity contribution in [3.05, 3.63) is 47.1 Å². The van der Waals surface area contributed by atoms with Crippen LogP contribution in [0.15, 0.2) is 35.9 Å². The monoisotopic (exact) mass is 270 g/mol. The van der Waals surface area contributed by atoms with Crippen LogP contribution >= 0.6 is 0 Å².